The number of rotatable bonds is 4. The highest BCUT2D eigenvalue weighted by molar-refractivity contribution is 14.1. The number of benzene rings is 2. The van der Waals surface area contributed by atoms with Crippen molar-refractivity contribution >= 4 is 61.6 Å². The topological polar surface area (TPSA) is 87.7 Å². The SMILES string of the molecule is O=C(Nc1cc(S(=O)(=O)N2CCOCC2)ccc1Cl)Nc1ccccc1I. The van der Waals surface area contributed by atoms with Gasteiger partial charge in [-0.25, -0.2) is 13.2 Å². The van der Waals surface area contributed by atoms with Crippen LogP contribution in [0.4, 0.5) is 16.2 Å². The fourth-order valence-corrected chi connectivity index (χ4v) is 4.66. The molecular formula is C17H17ClIN3O4S. The van der Waals surface area contributed by atoms with E-state index in [0.717, 1.165) is 3.57 Å². The smallest absolute Gasteiger partial charge is 0.323 e. The Morgan fingerprint density at radius 3 is 2.44 bits per heavy atom. The van der Waals surface area contributed by atoms with E-state index < -0.39 is 16.1 Å². The maximum Gasteiger partial charge on any atom is 0.323 e. The van der Waals surface area contributed by atoms with Gasteiger partial charge in [0.1, 0.15) is 0 Å². The van der Waals surface area contributed by atoms with Gasteiger partial charge in [-0.05, 0) is 52.9 Å². The third kappa shape index (κ3) is 4.91. The summed E-state index contributed by atoms with van der Waals surface area (Å²) in [7, 11) is -3.68. The molecule has 0 aromatic heterocycles. The van der Waals surface area contributed by atoms with Gasteiger partial charge >= 0.3 is 6.03 Å². The summed E-state index contributed by atoms with van der Waals surface area (Å²) in [6.45, 7) is 1.30. The first kappa shape index (κ1) is 20.3. The van der Waals surface area contributed by atoms with E-state index in [-0.39, 0.29) is 15.6 Å². The fourth-order valence-electron chi connectivity index (χ4n) is 2.54. The van der Waals surface area contributed by atoms with Crippen LogP contribution in [0.3, 0.4) is 0 Å². The minimum Gasteiger partial charge on any atom is -0.379 e. The van der Waals surface area contributed by atoms with Crippen molar-refractivity contribution in [2.24, 2.45) is 0 Å². The quantitative estimate of drug-likeness (QED) is 0.602. The zero-order valence-corrected chi connectivity index (χ0v) is 17.8. The van der Waals surface area contributed by atoms with Crippen LogP contribution in [0.1, 0.15) is 0 Å². The molecule has 0 saturated carbocycles. The second-order valence-corrected chi connectivity index (χ2v) is 9.22. The molecule has 3 rings (SSSR count). The monoisotopic (exact) mass is 521 g/mol. The molecular weight excluding hydrogens is 505 g/mol. The number of para-hydroxylation sites is 1. The number of hydrogen-bond acceptors (Lipinski definition) is 4. The molecule has 1 aliphatic heterocycles. The summed E-state index contributed by atoms with van der Waals surface area (Å²) < 4.78 is 33.0. The molecule has 0 unspecified atom stereocenters. The lowest BCUT2D eigenvalue weighted by atomic mass is 10.3. The number of hydrogen-bond donors (Lipinski definition) is 2. The van der Waals surface area contributed by atoms with Crippen molar-refractivity contribution in [3.05, 3.63) is 51.1 Å². The fraction of sp³-hybridized carbons (Fsp3) is 0.235. The number of nitrogens with zero attached hydrogens (tertiary/aromatic N) is 1. The van der Waals surface area contributed by atoms with E-state index in [1.165, 1.54) is 22.5 Å². The molecule has 0 spiro atoms. The Bertz CT molecular complexity index is 949. The summed E-state index contributed by atoms with van der Waals surface area (Å²) in [5.74, 6) is 0. The maximum atomic E-state index is 12.8. The molecule has 1 aliphatic rings. The Morgan fingerprint density at radius 2 is 1.74 bits per heavy atom. The third-order valence-corrected chi connectivity index (χ3v) is 7.08. The van der Waals surface area contributed by atoms with Crippen LogP contribution in [0, 0.1) is 3.57 Å². The summed E-state index contributed by atoms with van der Waals surface area (Å²) in [5.41, 5.74) is 0.859. The van der Waals surface area contributed by atoms with Crippen molar-refractivity contribution in [3.8, 4) is 0 Å². The van der Waals surface area contributed by atoms with Gasteiger partial charge < -0.3 is 15.4 Å². The third-order valence-electron chi connectivity index (χ3n) is 3.92. The first-order chi connectivity index (χ1) is 12.9. The number of sulfonamides is 1. The van der Waals surface area contributed by atoms with Crippen LogP contribution >= 0.6 is 34.2 Å². The summed E-state index contributed by atoms with van der Waals surface area (Å²) >= 11 is 8.25. The van der Waals surface area contributed by atoms with Crippen LogP contribution < -0.4 is 10.6 Å². The number of amides is 2. The van der Waals surface area contributed by atoms with Crippen molar-refractivity contribution in [2.45, 2.75) is 4.90 Å². The van der Waals surface area contributed by atoms with Gasteiger partial charge in [-0.2, -0.15) is 4.31 Å². The molecule has 7 nitrogen and oxygen atoms in total. The highest BCUT2D eigenvalue weighted by Crippen LogP contribution is 2.28. The van der Waals surface area contributed by atoms with Crippen LogP contribution in [0.2, 0.25) is 5.02 Å². The van der Waals surface area contributed by atoms with Gasteiger partial charge in [0.05, 0.1) is 34.5 Å². The normalized spacial score (nSPS) is 15.3. The molecule has 0 bridgehead atoms. The van der Waals surface area contributed by atoms with E-state index in [2.05, 4.69) is 33.2 Å². The Hall–Kier alpha value is -1.40. The van der Waals surface area contributed by atoms with Crippen molar-refractivity contribution < 1.29 is 17.9 Å². The maximum absolute atomic E-state index is 12.8. The first-order valence-corrected chi connectivity index (χ1v) is 11.0. The van der Waals surface area contributed by atoms with Gasteiger partial charge in [-0.1, -0.05) is 23.7 Å². The van der Waals surface area contributed by atoms with Crippen LogP contribution in [-0.4, -0.2) is 45.1 Å². The molecule has 2 N–H and O–H groups in total. The largest absolute Gasteiger partial charge is 0.379 e. The summed E-state index contributed by atoms with van der Waals surface area (Å²) in [6, 6.07) is 11.0. The van der Waals surface area contributed by atoms with E-state index in [1.54, 1.807) is 12.1 Å². The summed E-state index contributed by atoms with van der Waals surface area (Å²) in [5, 5.41) is 5.57. The Labute approximate surface area is 176 Å². The number of morpholine rings is 1. The van der Waals surface area contributed by atoms with Gasteiger partial charge in [0.2, 0.25) is 10.0 Å². The Balaban J connectivity index is 1.79. The highest BCUT2D eigenvalue weighted by atomic mass is 127. The lowest BCUT2D eigenvalue weighted by Gasteiger charge is -2.26. The number of nitrogens with one attached hydrogen (secondary N) is 2. The predicted molar refractivity (Wildman–Crippen MR) is 113 cm³/mol. The van der Waals surface area contributed by atoms with Crippen molar-refractivity contribution in [1.82, 2.24) is 4.31 Å². The predicted octanol–water partition coefficient (Wildman–Crippen LogP) is 3.61. The number of carbonyl (C=O) groups is 1. The Morgan fingerprint density at radius 1 is 1.07 bits per heavy atom. The standard InChI is InChI=1S/C17H17ClIN3O4S/c18-13-6-5-12(27(24,25)22-7-9-26-10-8-22)11-16(13)21-17(23)20-15-4-2-1-3-14(15)19/h1-6,11H,7-10H2,(H2,20,21,23). The lowest BCUT2D eigenvalue weighted by molar-refractivity contribution is 0.0730. The number of carbonyl (C=O) groups excluding carboxylic acids is 1. The summed E-state index contributed by atoms with van der Waals surface area (Å²) in [4.78, 5) is 12.4. The number of ether oxygens (including phenoxy) is 1. The molecule has 2 amide bonds. The van der Waals surface area contributed by atoms with Crippen LogP contribution in [0.15, 0.2) is 47.4 Å². The zero-order valence-electron chi connectivity index (χ0n) is 14.1. The van der Waals surface area contributed by atoms with Crippen molar-refractivity contribution in [3.63, 3.8) is 0 Å². The van der Waals surface area contributed by atoms with E-state index in [1.807, 2.05) is 12.1 Å². The van der Waals surface area contributed by atoms with Gasteiger partial charge in [0.25, 0.3) is 0 Å². The van der Waals surface area contributed by atoms with Gasteiger partial charge in [0.15, 0.2) is 0 Å². The van der Waals surface area contributed by atoms with Gasteiger partial charge in [-0.15, -0.1) is 0 Å². The molecule has 1 fully saturated rings. The van der Waals surface area contributed by atoms with Crippen molar-refractivity contribution in [2.75, 3.05) is 36.9 Å². The molecule has 1 heterocycles. The minimum absolute atomic E-state index is 0.0680. The number of halogens is 2. The molecule has 1 saturated heterocycles. The highest BCUT2D eigenvalue weighted by Gasteiger charge is 2.27. The van der Waals surface area contributed by atoms with Gasteiger partial charge in [-0.3, -0.25) is 0 Å². The molecule has 27 heavy (non-hydrogen) atoms. The lowest BCUT2D eigenvalue weighted by Crippen LogP contribution is -2.40. The number of urea groups is 1. The summed E-state index contributed by atoms with van der Waals surface area (Å²) in [6.07, 6.45) is 0. The van der Waals surface area contributed by atoms with Gasteiger partial charge in [0, 0.05) is 16.7 Å². The molecule has 0 radical (unpaired) electrons. The van der Waals surface area contributed by atoms with E-state index in [9.17, 15) is 13.2 Å². The van der Waals surface area contributed by atoms with Crippen LogP contribution in [0.25, 0.3) is 0 Å². The van der Waals surface area contributed by atoms with E-state index in [4.69, 9.17) is 16.3 Å². The average Bonchev–Trinajstić information content (AvgIpc) is 2.66. The molecule has 2 aromatic carbocycles. The number of anilines is 2. The second-order valence-electron chi connectivity index (χ2n) is 5.72. The molecule has 10 heteroatoms. The molecule has 144 valence electrons. The van der Waals surface area contributed by atoms with Crippen LogP contribution in [-0.2, 0) is 14.8 Å². The van der Waals surface area contributed by atoms with E-state index in [0.29, 0.717) is 32.0 Å². The van der Waals surface area contributed by atoms with Crippen molar-refractivity contribution in [1.29, 1.82) is 0 Å². The second kappa shape index (κ2) is 8.74. The molecule has 2 aromatic rings. The molecule has 0 aliphatic carbocycles. The average molecular weight is 522 g/mol. The zero-order chi connectivity index (χ0) is 19.4. The minimum atomic E-state index is -3.68. The molecule has 0 atom stereocenters. The first-order valence-electron chi connectivity index (χ1n) is 8.08. The van der Waals surface area contributed by atoms with Crippen LogP contribution in [0.5, 0.6) is 0 Å². The van der Waals surface area contributed by atoms with E-state index >= 15 is 0 Å². The Kier molecular flexibility index (Phi) is 6.58.